The van der Waals surface area contributed by atoms with Gasteiger partial charge in [0.25, 0.3) is 0 Å². The zero-order chi connectivity index (χ0) is 18.9. The second kappa shape index (κ2) is 9.42. The molecule has 0 radical (unpaired) electrons. The molecule has 0 saturated carbocycles. The number of anilines is 1. The summed E-state index contributed by atoms with van der Waals surface area (Å²) in [6, 6.07) is 16.1. The van der Waals surface area contributed by atoms with Crippen LogP contribution in [0, 0.1) is 0 Å². The van der Waals surface area contributed by atoms with E-state index in [2.05, 4.69) is 5.32 Å². The lowest BCUT2D eigenvalue weighted by molar-refractivity contribution is -0.124. The van der Waals surface area contributed by atoms with E-state index >= 15 is 0 Å². The van der Waals surface area contributed by atoms with Gasteiger partial charge in [0, 0.05) is 18.3 Å². The van der Waals surface area contributed by atoms with E-state index in [0.29, 0.717) is 6.54 Å². The summed E-state index contributed by atoms with van der Waals surface area (Å²) in [6.07, 6.45) is 3.12. The van der Waals surface area contributed by atoms with Crippen molar-refractivity contribution in [1.82, 2.24) is 5.32 Å². The first-order chi connectivity index (χ1) is 12.5. The number of para-hydroxylation sites is 1. The van der Waals surface area contributed by atoms with Crippen LogP contribution < -0.4 is 15.0 Å². The van der Waals surface area contributed by atoms with E-state index in [1.54, 1.807) is 25.0 Å². The number of amides is 2. The molecule has 2 aromatic carbocycles. The van der Waals surface area contributed by atoms with Gasteiger partial charge in [0.15, 0.2) is 0 Å². The van der Waals surface area contributed by atoms with E-state index in [9.17, 15) is 9.59 Å². The smallest absolute Gasteiger partial charge is 0.249 e. The Balaban J connectivity index is 1.96. The van der Waals surface area contributed by atoms with Gasteiger partial charge in [-0.15, -0.1) is 0 Å². The molecule has 0 aliphatic rings. The summed E-state index contributed by atoms with van der Waals surface area (Å²) in [5.74, 6) is 0.294. The summed E-state index contributed by atoms with van der Waals surface area (Å²) in [7, 11) is 1.60. The molecule has 26 heavy (non-hydrogen) atoms. The van der Waals surface area contributed by atoms with Gasteiger partial charge < -0.3 is 15.0 Å². The van der Waals surface area contributed by atoms with E-state index < -0.39 is 6.04 Å². The minimum atomic E-state index is -0.622. The van der Waals surface area contributed by atoms with Crippen LogP contribution in [-0.4, -0.2) is 31.5 Å². The third-order valence-corrected chi connectivity index (χ3v) is 3.92. The third kappa shape index (κ3) is 5.21. The Morgan fingerprint density at radius 2 is 1.77 bits per heavy atom. The molecule has 1 atom stereocenters. The Kier molecular flexibility index (Phi) is 6.97. The van der Waals surface area contributed by atoms with E-state index in [1.807, 2.05) is 61.5 Å². The van der Waals surface area contributed by atoms with Crippen LogP contribution >= 0.6 is 0 Å². The number of ether oxygens (including phenoxy) is 1. The standard InChI is InChI=1S/C21H24N2O3/c1-4-23(18-8-6-5-7-9-18)21(25)16(2)22-20(24)15-12-17-10-13-19(26-3)14-11-17/h5-16H,4H2,1-3H3,(H,22,24)/b15-12+. The molecular formula is C21H24N2O3. The molecule has 1 unspecified atom stereocenters. The van der Waals surface area contributed by atoms with Crippen molar-refractivity contribution in [3.63, 3.8) is 0 Å². The molecule has 0 saturated heterocycles. The summed E-state index contributed by atoms with van der Waals surface area (Å²) in [5.41, 5.74) is 1.69. The Hall–Kier alpha value is -3.08. The first kappa shape index (κ1) is 19.2. The molecule has 0 aliphatic heterocycles. The summed E-state index contributed by atoms with van der Waals surface area (Å²) in [6.45, 7) is 4.13. The number of benzene rings is 2. The molecule has 2 amide bonds. The van der Waals surface area contributed by atoms with Gasteiger partial charge in [-0.2, -0.15) is 0 Å². The average Bonchev–Trinajstić information content (AvgIpc) is 2.68. The molecule has 0 aromatic heterocycles. The van der Waals surface area contributed by atoms with Gasteiger partial charge in [-0.1, -0.05) is 30.3 Å². The fraction of sp³-hybridized carbons (Fsp3) is 0.238. The van der Waals surface area contributed by atoms with Crippen molar-refractivity contribution in [1.29, 1.82) is 0 Å². The van der Waals surface area contributed by atoms with Gasteiger partial charge in [-0.3, -0.25) is 9.59 Å². The first-order valence-electron chi connectivity index (χ1n) is 8.54. The molecule has 2 aromatic rings. The Bertz CT molecular complexity index is 755. The summed E-state index contributed by atoms with van der Waals surface area (Å²) < 4.78 is 5.10. The molecule has 5 nitrogen and oxygen atoms in total. The molecule has 0 bridgehead atoms. The molecule has 0 aliphatic carbocycles. The number of hydrogen-bond donors (Lipinski definition) is 1. The number of nitrogens with one attached hydrogen (secondary N) is 1. The van der Waals surface area contributed by atoms with Crippen molar-refractivity contribution in [2.24, 2.45) is 0 Å². The fourth-order valence-electron chi connectivity index (χ4n) is 2.52. The minimum absolute atomic E-state index is 0.148. The van der Waals surface area contributed by atoms with Crippen molar-refractivity contribution in [2.75, 3.05) is 18.6 Å². The SMILES string of the molecule is CCN(C(=O)C(C)NC(=O)/C=C/c1ccc(OC)cc1)c1ccccc1. The molecule has 5 heteroatoms. The quantitative estimate of drug-likeness (QED) is 0.778. The van der Waals surface area contributed by atoms with Crippen molar-refractivity contribution in [2.45, 2.75) is 19.9 Å². The summed E-state index contributed by atoms with van der Waals surface area (Å²) >= 11 is 0. The molecule has 0 heterocycles. The monoisotopic (exact) mass is 352 g/mol. The molecular weight excluding hydrogens is 328 g/mol. The Labute approximate surface area is 154 Å². The molecule has 1 N–H and O–H groups in total. The van der Waals surface area contributed by atoms with Crippen LogP contribution in [0.4, 0.5) is 5.69 Å². The van der Waals surface area contributed by atoms with E-state index in [1.165, 1.54) is 6.08 Å². The van der Waals surface area contributed by atoms with Crippen LogP contribution in [-0.2, 0) is 9.59 Å². The van der Waals surface area contributed by atoms with Crippen LogP contribution in [0.5, 0.6) is 5.75 Å². The molecule has 2 rings (SSSR count). The lowest BCUT2D eigenvalue weighted by Crippen LogP contribution is -2.46. The number of nitrogens with zero attached hydrogens (tertiary/aromatic N) is 1. The van der Waals surface area contributed by atoms with Gasteiger partial charge in [0.05, 0.1) is 7.11 Å². The largest absolute Gasteiger partial charge is 0.497 e. The van der Waals surface area contributed by atoms with Crippen LogP contribution in [0.25, 0.3) is 6.08 Å². The number of carbonyl (C=O) groups is 2. The summed E-state index contributed by atoms with van der Waals surface area (Å²) in [5, 5.41) is 2.72. The van der Waals surface area contributed by atoms with E-state index in [-0.39, 0.29) is 11.8 Å². The Morgan fingerprint density at radius 3 is 2.35 bits per heavy atom. The highest BCUT2D eigenvalue weighted by atomic mass is 16.5. The van der Waals surface area contributed by atoms with E-state index in [0.717, 1.165) is 17.0 Å². The Morgan fingerprint density at radius 1 is 1.12 bits per heavy atom. The summed E-state index contributed by atoms with van der Waals surface area (Å²) in [4.78, 5) is 26.4. The van der Waals surface area contributed by atoms with Crippen LogP contribution in [0.1, 0.15) is 19.4 Å². The van der Waals surface area contributed by atoms with Crippen LogP contribution in [0.3, 0.4) is 0 Å². The number of likely N-dealkylation sites (N-methyl/N-ethyl adjacent to an activating group) is 1. The molecule has 136 valence electrons. The van der Waals surface area contributed by atoms with Crippen LogP contribution in [0.15, 0.2) is 60.7 Å². The maximum atomic E-state index is 12.6. The highest BCUT2D eigenvalue weighted by Crippen LogP contribution is 2.14. The second-order valence-corrected chi connectivity index (χ2v) is 5.75. The zero-order valence-electron chi connectivity index (χ0n) is 15.3. The van der Waals surface area contributed by atoms with Gasteiger partial charge in [-0.25, -0.2) is 0 Å². The number of carbonyl (C=O) groups excluding carboxylic acids is 2. The van der Waals surface area contributed by atoms with Crippen LogP contribution in [0.2, 0.25) is 0 Å². The maximum Gasteiger partial charge on any atom is 0.249 e. The predicted octanol–water partition coefficient (Wildman–Crippen LogP) is 3.27. The second-order valence-electron chi connectivity index (χ2n) is 5.75. The van der Waals surface area contributed by atoms with Crippen molar-refractivity contribution >= 4 is 23.6 Å². The number of methoxy groups -OCH3 is 1. The number of hydrogen-bond acceptors (Lipinski definition) is 3. The van der Waals surface area contributed by atoms with Gasteiger partial charge in [0.2, 0.25) is 11.8 Å². The fourth-order valence-corrected chi connectivity index (χ4v) is 2.52. The van der Waals surface area contributed by atoms with Crippen molar-refractivity contribution in [3.8, 4) is 5.75 Å². The zero-order valence-corrected chi connectivity index (χ0v) is 15.3. The van der Waals surface area contributed by atoms with Gasteiger partial charge in [-0.05, 0) is 49.8 Å². The number of rotatable bonds is 7. The first-order valence-corrected chi connectivity index (χ1v) is 8.54. The van der Waals surface area contributed by atoms with Crippen molar-refractivity contribution in [3.05, 3.63) is 66.2 Å². The van der Waals surface area contributed by atoms with Gasteiger partial charge in [0.1, 0.15) is 11.8 Å². The van der Waals surface area contributed by atoms with Crippen molar-refractivity contribution < 1.29 is 14.3 Å². The van der Waals surface area contributed by atoms with E-state index in [4.69, 9.17) is 4.74 Å². The average molecular weight is 352 g/mol. The predicted molar refractivity (Wildman–Crippen MR) is 104 cm³/mol. The highest BCUT2D eigenvalue weighted by molar-refractivity contribution is 6.01. The lowest BCUT2D eigenvalue weighted by Gasteiger charge is -2.24. The minimum Gasteiger partial charge on any atom is -0.497 e. The highest BCUT2D eigenvalue weighted by Gasteiger charge is 2.21. The lowest BCUT2D eigenvalue weighted by atomic mass is 10.2. The maximum absolute atomic E-state index is 12.6. The van der Waals surface area contributed by atoms with Gasteiger partial charge >= 0.3 is 0 Å². The molecule has 0 fully saturated rings. The topological polar surface area (TPSA) is 58.6 Å². The normalized spacial score (nSPS) is 11.8. The third-order valence-electron chi connectivity index (χ3n) is 3.92. The molecule has 0 spiro atoms.